The summed E-state index contributed by atoms with van der Waals surface area (Å²) < 4.78 is 37.6. The normalized spacial score (nSPS) is 11.2. The number of non-ortho nitro benzene ring substituents is 1. The Balaban J connectivity index is 3.03. The number of benzene rings is 1. The molecule has 94 valence electrons. The highest BCUT2D eigenvalue weighted by Gasteiger charge is 2.14. The van der Waals surface area contributed by atoms with Crippen LogP contribution in [0.5, 0.6) is 0 Å². The van der Waals surface area contributed by atoms with E-state index in [2.05, 4.69) is 0 Å². The fraction of sp³-hybridized carbons (Fsp3) is 0.250. The van der Waals surface area contributed by atoms with Crippen molar-refractivity contribution in [3.63, 3.8) is 0 Å². The van der Waals surface area contributed by atoms with Gasteiger partial charge < -0.3 is 0 Å². The second kappa shape index (κ2) is 5.28. The molecule has 0 unspecified atom stereocenters. The van der Waals surface area contributed by atoms with Crippen LogP contribution in [0.3, 0.4) is 0 Å². The predicted molar refractivity (Wildman–Crippen MR) is 61.2 cm³/mol. The standard InChI is InChI=1S/C8H8ClFN2O4S/c9-1-2-17(15,16)11-7-3-6(10)4-8(5-7)12(13)14/h3-5,11H,1-2H2. The fourth-order valence-electron chi connectivity index (χ4n) is 1.07. The van der Waals surface area contributed by atoms with Crippen LogP contribution in [0.1, 0.15) is 0 Å². The predicted octanol–water partition coefficient (Wildman–Crippen LogP) is 1.71. The second-order valence-corrected chi connectivity index (χ2v) is 5.28. The summed E-state index contributed by atoms with van der Waals surface area (Å²) in [5.41, 5.74) is -0.740. The van der Waals surface area contributed by atoms with Crippen LogP contribution in [0.25, 0.3) is 0 Å². The van der Waals surface area contributed by atoms with Crippen LogP contribution in [-0.4, -0.2) is 25.0 Å². The molecule has 6 nitrogen and oxygen atoms in total. The monoisotopic (exact) mass is 282 g/mol. The first-order chi connectivity index (χ1) is 7.84. The van der Waals surface area contributed by atoms with Crippen LogP contribution in [0.15, 0.2) is 18.2 Å². The SMILES string of the molecule is O=[N+]([O-])c1cc(F)cc(NS(=O)(=O)CCCl)c1. The van der Waals surface area contributed by atoms with Gasteiger partial charge in [0.05, 0.1) is 22.4 Å². The Labute approximate surface area is 102 Å². The average molecular weight is 283 g/mol. The smallest absolute Gasteiger partial charge is 0.274 e. The van der Waals surface area contributed by atoms with Crippen LogP contribution in [0, 0.1) is 15.9 Å². The number of alkyl halides is 1. The number of nitrogens with zero attached hydrogens (tertiary/aromatic N) is 1. The van der Waals surface area contributed by atoms with E-state index in [0.717, 1.165) is 12.1 Å². The molecule has 0 saturated carbocycles. The first kappa shape index (κ1) is 13.7. The van der Waals surface area contributed by atoms with Crippen molar-refractivity contribution in [2.75, 3.05) is 16.4 Å². The van der Waals surface area contributed by atoms with Gasteiger partial charge in [-0.05, 0) is 6.07 Å². The van der Waals surface area contributed by atoms with Crippen molar-refractivity contribution in [1.29, 1.82) is 0 Å². The van der Waals surface area contributed by atoms with E-state index < -0.39 is 26.5 Å². The van der Waals surface area contributed by atoms with Crippen molar-refractivity contribution < 1.29 is 17.7 Å². The van der Waals surface area contributed by atoms with E-state index in [0.29, 0.717) is 6.07 Å². The molecule has 0 atom stereocenters. The number of hydrogen-bond donors (Lipinski definition) is 1. The molecule has 0 radical (unpaired) electrons. The largest absolute Gasteiger partial charge is 0.283 e. The highest BCUT2D eigenvalue weighted by atomic mass is 35.5. The minimum Gasteiger partial charge on any atom is -0.283 e. The van der Waals surface area contributed by atoms with Crippen molar-refractivity contribution in [1.82, 2.24) is 0 Å². The molecule has 1 aromatic carbocycles. The van der Waals surface area contributed by atoms with E-state index in [9.17, 15) is 22.9 Å². The van der Waals surface area contributed by atoms with Gasteiger partial charge in [0.2, 0.25) is 10.0 Å². The van der Waals surface area contributed by atoms with Gasteiger partial charge in [-0.1, -0.05) is 0 Å². The minimum atomic E-state index is -3.72. The van der Waals surface area contributed by atoms with Gasteiger partial charge in [-0.3, -0.25) is 14.8 Å². The van der Waals surface area contributed by atoms with Gasteiger partial charge in [0.25, 0.3) is 5.69 Å². The zero-order valence-corrected chi connectivity index (χ0v) is 9.96. The van der Waals surface area contributed by atoms with Gasteiger partial charge in [-0.25, -0.2) is 12.8 Å². The van der Waals surface area contributed by atoms with Crippen LogP contribution in [0.2, 0.25) is 0 Å². The van der Waals surface area contributed by atoms with Crippen molar-refractivity contribution in [2.24, 2.45) is 0 Å². The Kier molecular flexibility index (Phi) is 4.24. The Bertz CT molecular complexity index is 534. The number of nitrogens with one attached hydrogen (secondary N) is 1. The van der Waals surface area contributed by atoms with E-state index in [1.807, 2.05) is 4.72 Å². The summed E-state index contributed by atoms with van der Waals surface area (Å²) >= 11 is 5.26. The number of anilines is 1. The molecule has 0 amide bonds. The van der Waals surface area contributed by atoms with Crippen molar-refractivity contribution in [3.05, 3.63) is 34.1 Å². The molecule has 0 aromatic heterocycles. The van der Waals surface area contributed by atoms with Gasteiger partial charge >= 0.3 is 0 Å². The third-order valence-electron chi connectivity index (χ3n) is 1.71. The zero-order chi connectivity index (χ0) is 13.1. The third-order valence-corrected chi connectivity index (χ3v) is 3.41. The molecule has 0 saturated heterocycles. The molecular formula is C8H8ClFN2O4S. The fourth-order valence-corrected chi connectivity index (χ4v) is 2.46. The Hall–Kier alpha value is -1.41. The summed E-state index contributed by atoms with van der Waals surface area (Å²) in [6.45, 7) is 0. The van der Waals surface area contributed by atoms with E-state index in [1.54, 1.807) is 0 Å². The van der Waals surface area contributed by atoms with Gasteiger partial charge in [0.1, 0.15) is 5.82 Å². The second-order valence-electron chi connectivity index (χ2n) is 3.07. The van der Waals surface area contributed by atoms with Crippen LogP contribution >= 0.6 is 11.6 Å². The summed E-state index contributed by atoms with van der Waals surface area (Å²) in [6.07, 6.45) is 0. The first-order valence-electron chi connectivity index (χ1n) is 4.35. The Morgan fingerprint density at radius 2 is 2.06 bits per heavy atom. The van der Waals surface area contributed by atoms with E-state index >= 15 is 0 Å². The highest BCUT2D eigenvalue weighted by molar-refractivity contribution is 7.92. The molecule has 0 spiro atoms. The Morgan fingerprint density at radius 1 is 1.41 bits per heavy atom. The molecular weight excluding hydrogens is 275 g/mol. The van der Waals surface area contributed by atoms with Gasteiger partial charge in [0, 0.05) is 11.9 Å². The molecule has 0 aliphatic heterocycles. The van der Waals surface area contributed by atoms with Crippen LogP contribution in [-0.2, 0) is 10.0 Å². The zero-order valence-electron chi connectivity index (χ0n) is 8.39. The lowest BCUT2D eigenvalue weighted by Crippen LogP contribution is -2.17. The number of sulfonamides is 1. The van der Waals surface area contributed by atoms with E-state index in [4.69, 9.17) is 11.6 Å². The summed E-state index contributed by atoms with van der Waals surface area (Å²) in [6, 6.07) is 2.47. The summed E-state index contributed by atoms with van der Waals surface area (Å²) in [5, 5.41) is 10.4. The maximum atomic E-state index is 13.0. The number of hydrogen-bond acceptors (Lipinski definition) is 4. The summed E-state index contributed by atoms with van der Waals surface area (Å²) in [4.78, 5) is 9.62. The van der Waals surface area contributed by atoms with Gasteiger partial charge in [-0.2, -0.15) is 0 Å². The molecule has 0 aliphatic rings. The molecule has 0 fully saturated rings. The highest BCUT2D eigenvalue weighted by Crippen LogP contribution is 2.20. The van der Waals surface area contributed by atoms with Crippen LogP contribution in [0.4, 0.5) is 15.8 Å². The van der Waals surface area contributed by atoms with Crippen LogP contribution < -0.4 is 4.72 Å². The first-order valence-corrected chi connectivity index (χ1v) is 6.54. The summed E-state index contributed by atoms with van der Waals surface area (Å²) in [7, 11) is -3.72. The van der Waals surface area contributed by atoms with E-state index in [-0.39, 0.29) is 17.3 Å². The average Bonchev–Trinajstić information content (AvgIpc) is 2.15. The molecule has 1 N–H and O–H groups in total. The molecule has 9 heteroatoms. The number of rotatable bonds is 5. The lowest BCUT2D eigenvalue weighted by Gasteiger charge is -2.06. The topological polar surface area (TPSA) is 89.3 Å². The van der Waals surface area contributed by atoms with Crippen molar-refractivity contribution in [3.8, 4) is 0 Å². The number of nitro groups is 1. The molecule has 1 aromatic rings. The molecule has 0 heterocycles. The van der Waals surface area contributed by atoms with Gasteiger partial charge in [0.15, 0.2) is 0 Å². The quantitative estimate of drug-likeness (QED) is 0.506. The summed E-state index contributed by atoms with van der Waals surface area (Å²) in [5.74, 6) is -1.39. The third kappa shape index (κ3) is 4.16. The lowest BCUT2D eigenvalue weighted by molar-refractivity contribution is -0.385. The maximum absolute atomic E-state index is 13.0. The molecule has 17 heavy (non-hydrogen) atoms. The molecule has 1 rings (SSSR count). The van der Waals surface area contributed by atoms with Crippen molar-refractivity contribution >= 4 is 33.0 Å². The molecule has 0 bridgehead atoms. The maximum Gasteiger partial charge on any atom is 0.274 e. The number of halogens is 2. The Morgan fingerprint density at radius 3 is 2.59 bits per heavy atom. The molecule has 0 aliphatic carbocycles. The van der Waals surface area contributed by atoms with Crippen molar-refractivity contribution in [2.45, 2.75) is 0 Å². The number of nitro benzene ring substituents is 1. The van der Waals surface area contributed by atoms with Gasteiger partial charge in [-0.15, -0.1) is 11.6 Å². The lowest BCUT2D eigenvalue weighted by atomic mass is 10.3. The van der Waals surface area contributed by atoms with E-state index in [1.165, 1.54) is 0 Å². The minimum absolute atomic E-state index is 0.132.